The molecular weight excluding hydrogens is 809 g/mol. The molecule has 3 saturated heterocycles. The summed E-state index contributed by atoms with van der Waals surface area (Å²) in [7, 11) is -14.6. The average molecular weight is 859 g/mol. The van der Waals surface area contributed by atoms with Gasteiger partial charge in [0.25, 0.3) is 5.56 Å². The Hall–Kier alpha value is -2.61. The number of amides is 4. The van der Waals surface area contributed by atoms with Crippen molar-refractivity contribution < 1.29 is 62.0 Å². The van der Waals surface area contributed by atoms with Gasteiger partial charge in [0.1, 0.15) is 24.1 Å². The highest BCUT2D eigenvalue weighted by atomic mass is 32.2. The zero-order valence-electron chi connectivity index (χ0n) is 29.8. The van der Waals surface area contributed by atoms with Crippen LogP contribution in [0.25, 0.3) is 6.08 Å². The number of carbonyl (C=O) groups excluding carboxylic acids is 3. The second kappa shape index (κ2) is 20.2. The van der Waals surface area contributed by atoms with Crippen LogP contribution in [0.3, 0.4) is 0 Å². The van der Waals surface area contributed by atoms with E-state index in [1.165, 1.54) is 18.3 Å². The molecule has 55 heavy (non-hydrogen) atoms. The molecule has 8 atom stereocenters. The van der Waals surface area contributed by atoms with E-state index < -0.39 is 70.7 Å². The molecule has 4 rings (SSSR count). The Labute approximate surface area is 319 Å². The first-order valence-electron chi connectivity index (χ1n) is 17.7. The number of unbranched alkanes of at least 4 members (excludes halogenated alkanes) is 3. The van der Waals surface area contributed by atoms with Gasteiger partial charge in [-0.1, -0.05) is 25.0 Å². The number of thioether (sulfide) groups is 1. The molecular formula is C30H49N6O15P3S. The lowest BCUT2D eigenvalue weighted by atomic mass is 10.0. The van der Waals surface area contributed by atoms with Gasteiger partial charge in [-0.15, -0.1) is 0 Å². The number of hydrogen-bond donors (Lipinski definition) is 10. The standard InChI is InChI=1S/C30H49N6O15P3S/c37-21-13-26(51-22(21)15-50-54(48,49)18-52(43,44)17-53(45,46)47)36-14-19(28(40)35-30(36)42)7-6-12-32-24(38)9-2-1-5-11-31-25(39)10-4-3-8-23-27-20(16-55-23)33-29(41)34-27/h6-7,14,20-23,26-27,37H,1-5,8-13,15-18H2,(H,31,39)(H,32,38)(H,43,44)(H,48,49)(H2,33,34,41)(H,35,40,42)(H2,45,46,47)/b7-6+/t20-,21-,22+,23-,26+,27-/m0/s1. The van der Waals surface area contributed by atoms with Crippen molar-refractivity contribution in [1.29, 1.82) is 0 Å². The molecule has 3 aliphatic heterocycles. The molecule has 0 bridgehead atoms. The fraction of sp³-hybridized carbons (Fsp3) is 0.700. The Morgan fingerprint density at radius 2 is 1.69 bits per heavy atom. The molecule has 3 fully saturated rings. The summed E-state index contributed by atoms with van der Waals surface area (Å²) in [6.45, 7) is -0.178. The molecule has 310 valence electrons. The van der Waals surface area contributed by atoms with Gasteiger partial charge in [-0.05, 0) is 25.7 Å². The summed E-state index contributed by atoms with van der Waals surface area (Å²) in [5, 5.41) is 22.3. The van der Waals surface area contributed by atoms with Crippen molar-refractivity contribution in [1.82, 2.24) is 30.8 Å². The lowest BCUT2D eigenvalue weighted by Crippen LogP contribution is -2.36. The van der Waals surface area contributed by atoms with Gasteiger partial charge < -0.3 is 55.2 Å². The molecule has 0 saturated carbocycles. The number of aliphatic hydroxyl groups excluding tert-OH is 1. The third-order valence-corrected chi connectivity index (χ3v) is 17.5. The number of hydrogen-bond acceptors (Lipinski definition) is 12. The van der Waals surface area contributed by atoms with E-state index in [1.54, 1.807) is 0 Å². The second-order valence-corrected chi connectivity index (χ2v) is 21.7. The Morgan fingerprint density at radius 1 is 0.982 bits per heavy atom. The summed E-state index contributed by atoms with van der Waals surface area (Å²) < 4.78 is 46.7. The number of ether oxygens (including phenoxy) is 1. The Kier molecular flexibility index (Phi) is 16.6. The van der Waals surface area contributed by atoms with Gasteiger partial charge in [-0.3, -0.25) is 37.6 Å². The van der Waals surface area contributed by atoms with Crippen molar-refractivity contribution in [3.8, 4) is 0 Å². The number of nitrogens with zero attached hydrogens (tertiary/aromatic N) is 1. The van der Waals surface area contributed by atoms with Crippen LogP contribution in [0.2, 0.25) is 0 Å². The molecule has 0 aromatic carbocycles. The fourth-order valence-electron chi connectivity index (χ4n) is 6.34. The molecule has 0 radical (unpaired) electrons. The molecule has 4 amide bonds. The third kappa shape index (κ3) is 15.0. The van der Waals surface area contributed by atoms with Crippen LogP contribution < -0.4 is 32.5 Å². The topological polar surface area (TPSA) is 325 Å². The smallest absolute Gasteiger partial charge is 0.337 e. The summed E-state index contributed by atoms with van der Waals surface area (Å²) in [6, 6.07) is 0.249. The molecule has 2 unspecified atom stereocenters. The number of fused-ring (bicyclic) bond motifs is 1. The van der Waals surface area contributed by atoms with Crippen molar-refractivity contribution >= 4 is 58.2 Å². The predicted molar refractivity (Wildman–Crippen MR) is 201 cm³/mol. The SMILES string of the molecule is O=C(CCCCCNC(=O)CCCC[C@@H]1SC[C@@H]2NC(=O)N[C@@H]21)NC/C=C/c1cn([C@H]2C[C@H](O)[C@@H](COP(=O)(O)CP(=O)(O)CP(=O)(O)O)O2)c(=O)[nH]c1=O. The normalized spacial score (nSPS) is 25.9. The van der Waals surface area contributed by atoms with Crippen molar-refractivity contribution in [2.24, 2.45) is 0 Å². The first-order chi connectivity index (χ1) is 25.8. The minimum Gasteiger partial charge on any atom is -0.390 e. The number of aromatic nitrogens is 2. The molecule has 3 aliphatic rings. The number of urea groups is 1. The van der Waals surface area contributed by atoms with E-state index in [0.717, 1.165) is 42.4 Å². The van der Waals surface area contributed by atoms with Gasteiger partial charge in [-0.2, -0.15) is 11.8 Å². The van der Waals surface area contributed by atoms with Gasteiger partial charge in [0, 0.05) is 49.6 Å². The maximum absolute atomic E-state index is 12.5. The Balaban J connectivity index is 1.10. The maximum Gasteiger partial charge on any atom is 0.337 e. The highest BCUT2D eigenvalue weighted by Gasteiger charge is 2.43. The molecule has 1 aromatic heterocycles. The number of aliphatic hydroxyl groups is 1. The number of aromatic amines is 1. The van der Waals surface area contributed by atoms with Gasteiger partial charge in [-0.25, -0.2) is 9.59 Å². The minimum absolute atomic E-state index is 0.00925. The summed E-state index contributed by atoms with van der Waals surface area (Å²) in [6.07, 6.45) is 5.44. The van der Waals surface area contributed by atoms with Crippen LogP contribution in [-0.2, 0) is 32.5 Å². The van der Waals surface area contributed by atoms with Crippen LogP contribution in [0.5, 0.6) is 0 Å². The van der Waals surface area contributed by atoms with Gasteiger partial charge in [0.05, 0.1) is 30.4 Å². The zero-order valence-corrected chi connectivity index (χ0v) is 33.3. The second-order valence-electron chi connectivity index (χ2n) is 13.6. The van der Waals surface area contributed by atoms with Crippen LogP contribution in [0, 0.1) is 0 Å². The fourth-order valence-corrected chi connectivity index (χ4v) is 14.3. The van der Waals surface area contributed by atoms with E-state index in [4.69, 9.17) is 19.0 Å². The lowest BCUT2D eigenvalue weighted by molar-refractivity contribution is -0.122. The van der Waals surface area contributed by atoms with E-state index in [0.29, 0.717) is 24.6 Å². The van der Waals surface area contributed by atoms with Crippen molar-refractivity contribution in [3.05, 3.63) is 38.7 Å². The molecule has 1 aromatic rings. The number of H-pyrrole nitrogens is 1. The molecule has 21 nitrogen and oxygen atoms in total. The van der Waals surface area contributed by atoms with Gasteiger partial charge in [0.2, 0.25) is 19.2 Å². The van der Waals surface area contributed by atoms with Crippen molar-refractivity contribution in [2.45, 2.75) is 93.6 Å². The quantitative estimate of drug-likeness (QED) is 0.0425. The summed E-state index contributed by atoms with van der Waals surface area (Å²) >= 11 is 1.85. The number of rotatable bonds is 22. The first kappa shape index (κ1) is 45.1. The molecule has 25 heteroatoms. The van der Waals surface area contributed by atoms with E-state index in [-0.39, 0.29) is 54.9 Å². The molecule has 4 heterocycles. The monoisotopic (exact) mass is 858 g/mol. The van der Waals surface area contributed by atoms with Crippen molar-refractivity contribution in [3.63, 3.8) is 0 Å². The first-order valence-corrected chi connectivity index (χ1v) is 24.3. The average Bonchev–Trinajstić information content (AvgIpc) is 3.74. The van der Waals surface area contributed by atoms with Crippen LogP contribution in [-0.4, -0.2) is 119 Å². The highest BCUT2D eigenvalue weighted by molar-refractivity contribution is 8.00. The Bertz CT molecular complexity index is 1820. The van der Waals surface area contributed by atoms with E-state index >= 15 is 0 Å². The predicted octanol–water partition coefficient (Wildman–Crippen LogP) is 0.282. The Morgan fingerprint density at radius 3 is 2.42 bits per heavy atom. The summed E-state index contributed by atoms with van der Waals surface area (Å²) in [5.41, 5.74) is -1.61. The van der Waals surface area contributed by atoms with Gasteiger partial charge in [0.15, 0.2) is 0 Å². The van der Waals surface area contributed by atoms with E-state index in [1.807, 2.05) is 11.8 Å². The van der Waals surface area contributed by atoms with Crippen molar-refractivity contribution in [2.75, 3.05) is 37.3 Å². The van der Waals surface area contributed by atoms with Crippen LogP contribution in [0.15, 0.2) is 21.9 Å². The molecule has 0 spiro atoms. The highest BCUT2D eigenvalue weighted by Crippen LogP contribution is 2.63. The van der Waals surface area contributed by atoms with Crippen LogP contribution in [0.1, 0.15) is 69.6 Å². The van der Waals surface area contributed by atoms with E-state index in [2.05, 4.69) is 26.3 Å². The van der Waals surface area contributed by atoms with Crippen LogP contribution in [0.4, 0.5) is 4.79 Å². The molecule has 10 N–H and O–H groups in total. The molecule has 0 aliphatic carbocycles. The lowest BCUT2D eigenvalue weighted by Gasteiger charge is -2.20. The maximum atomic E-state index is 12.5. The number of carbonyl (C=O) groups is 3. The largest absolute Gasteiger partial charge is 0.390 e. The zero-order chi connectivity index (χ0) is 40.4. The summed E-state index contributed by atoms with van der Waals surface area (Å²) in [5.74, 6) is -2.28. The van der Waals surface area contributed by atoms with Crippen LogP contribution >= 0.6 is 34.3 Å². The third-order valence-electron chi connectivity index (χ3n) is 8.95. The minimum atomic E-state index is -4.97. The summed E-state index contributed by atoms with van der Waals surface area (Å²) in [4.78, 5) is 100. The van der Waals surface area contributed by atoms with E-state index in [9.17, 15) is 52.6 Å². The number of nitrogens with one attached hydrogen (secondary N) is 5. The van der Waals surface area contributed by atoms with Gasteiger partial charge >= 0.3 is 26.9 Å².